The predicted molar refractivity (Wildman–Crippen MR) is 64.4 cm³/mol. The van der Waals surface area contributed by atoms with Gasteiger partial charge in [0.1, 0.15) is 10.9 Å². The predicted octanol–water partition coefficient (Wildman–Crippen LogP) is 2.27. The third-order valence-corrected chi connectivity index (χ3v) is 3.35. The Bertz CT molecular complexity index is 403. The van der Waals surface area contributed by atoms with Crippen LogP contribution in [-0.2, 0) is 16.0 Å². The Morgan fingerprint density at radius 2 is 2.25 bits per heavy atom. The number of rotatable bonds is 4. The molecule has 0 fully saturated rings. The fraction of sp³-hybridized carbons (Fsp3) is 0.400. The summed E-state index contributed by atoms with van der Waals surface area (Å²) in [6.45, 7) is 1.97. The Morgan fingerprint density at radius 3 is 2.75 bits per heavy atom. The van der Waals surface area contributed by atoms with Gasteiger partial charge in [0.05, 0.1) is 12.7 Å². The number of halogens is 1. The van der Waals surface area contributed by atoms with Crippen LogP contribution in [0.5, 0.6) is 0 Å². The molecule has 1 amide bonds. The number of methoxy groups -OCH3 is 1. The van der Waals surface area contributed by atoms with Crippen molar-refractivity contribution in [3.05, 3.63) is 16.5 Å². The van der Waals surface area contributed by atoms with Crippen molar-refractivity contribution in [2.75, 3.05) is 18.3 Å². The van der Waals surface area contributed by atoms with E-state index >= 15 is 0 Å². The SMILES string of the molecule is CCc1cc(C(=O)OC)c(NC(=O)CCl)s1. The number of hydrogen-bond donors (Lipinski definition) is 1. The number of carbonyl (C=O) groups is 2. The second-order valence-electron chi connectivity index (χ2n) is 2.98. The van der Waals surface area contributed by atoms with Crippen molar-refractivity contribution in [3.8, 4) is 0 Å². The molecule has 1 heterocycles. The molecule has 6 heteroatoms. The van der Waals surface area contributed by atoms with E-state index in [0.717, 1.165) is 11.3 Å². The molecule has 0 spiro atoms. The van der Waals surface area contributed by atoms with Crippen molar-refractivity contribution in [2.45, 2.75) is 13.3 Å². The number of nitrogens with one attached hydrogen (secondary N) is 1. The van der Waals surface area contributed by atoms with E-state index < -0.39 is 5.97 Å². The molecule has 0 aliphatic carbocycles. The minimum absolute atomic E-state index is 0.139. The number of anilines is 1. The lowest BCUT2D eigenvalue weighted by Gasteiger charge is -2.02. The lowest BCUT2D eigenvalue weighted by molar-refractivity contribution is -0.113. The number of esters is 1. The molecule has 1 aromatic rings. The molecule has 88 valence electrons. The molecule has 1 aromatic heterocycles. The second kappa shape index (κ2) is 5.86. The highest BCUT2D eigenvalue weighted by Crippen LogP contribution is 2.29. The third kappa shape index (κ3) is 2.96. The maximum Gasteiger partial charge on any atom is 0.340 e. The fourth-order valence-corrected chi connectivity index (χ4v) is 2.20. The smallest absolute Gasteiger partial charge is 0.340 e. The van der Waals surface area contributed by atoms with Crippen molar-refractivity contribution in [3.63, 3.8) is 0 Å². The van der Waals surface area contributed by atoms with Crippen LogP contribution < -0.4 is 5.32 Å². The van der Waals surface area contributed by atoms with Gasteiger partial charge in [0.25, 0.3) is 0 Å². The van der Waals surface area contributed by atoms with E-state index in [2.05, 4.69) is 10.1 Å². The summed E-state index contributed by atoms with van der Waals surface area (Å²) in [6.07, 6.45) is 0.797. The van der Waals surface area contributed by atoms with Gasteiger partial charge < -0.3 is 10.1 Å². The molecule has 0 bridgehead atoms. The first-order valence-electron chi connectivity index (χ1n) is 4.69. The van der Waals surface area contributed by atoms with Gasteiger partial charge in [-0.15, -0.1) is 22.9 Å². The third-order valence-electron chi connectivity index (χ3n) is 1.91. The molecule has 0 atom stereocenters. The minimum Gasteiger partial charge on any atom is -0.465 e. The quantitative estimate of drug-likeness (QED) is 0.668. The highest BCUT2D eigenvalue weighted by molar-refractivity contribution is 7.16. The van der Waals surface area contributed by atoms with Gasteiger partial charge in [0, 0.05) is 4.88 Å². The number of alkyl halides is 1. The summed E-state index contributed by atoms with van der Waals surface area (Å²) >= 11 is 6.74. The van der Waals surface area contributed by atoms with E-state index in [1.165, 1.54) is 18.4 Å². The standard InChI is InChI=1S/C10H12ClNO3S/c1-3-6-4-7(10(14)15-2)9(16-6)12-8(13)5-11/h4H,3,5H2,1-2H3,(H,12,13). The van der Waals surface area contributed by atoms with E-state index in [1.54, 1.807) is 6.07 Å². The topological polar surface area (TPSA) is 55.4 Å². The van der Waals surface area contributed by atoms with Crippen LogP contribution in [0.3, 0.4) is 0 Å². The molecule has 0 aliphatic rings. The summed E-state index contributed by atoms with van der Waals surface area (Å²) in [7, 11) is 1.30. The minimum atomic E-state index is -0.458. The van der Waals surface area contributed by atoms with E-state index in [1.807, 2.05) is 6.92 Å². The van der Waals surface area contributed by atoms with Gasteiger partial charge in [0.15, 0.2) is 0 Å². The summed E-state index contributed by atoms with van der Waals surface area (Å²) in [6, 6.07) is 1.72. The highest BCUT2D eigenvalue weighted by atomic mass is 35.5. The summed E-state index contributed by atoms with van der Waals surface area (Å²) in [4.78, 5) is 23.6. The number of ether oxygens (including phenoxy) is 1. The number of hydrogen-bond acceptors (Lipinski definition) is 4. The van der Waals surface area contributed by atoms with Crippen LogP contribution in [0.1, 0.15) is 22.2 Å². The Labute approximate surface area is 103 Å². The summed E-state index contributed by atoms with van der Waals surface area (Å²) < 4.78 is 4.63. The molecule has 0 radical (unpaired) electrons. The monoisotopic (exact) mass is 261 g/mol. The van der Waals surface area contributed by atoms with Crippen LogP contribution in [-0.4, -0.2) is 24.9 Å². The van der Waals surface area contributed by atoms with Crippen LogP contribution in [0.25, 0.3) is 0 Å². The van der Waals surface area contributed by atoms with Gasteiger partial charge in [-0.1, -0.05) is 6.92 Å². The summed E-state index contributed by atoms with van der Waals surface area (Å²) in [5.41, 5.74) is 0.378. The molecular weight excluding hydrogens is 250 g/mol. The van der Waals surface area contributed by atoms with Crippen molar-refractivity contribution >= 4 is 39.8 Å². The Kier molecular flexibility index (Phi) is 4.76. The maximum atomic E-state index is 11.4. The average Bonchev–Trinajstić information content (AvgIpc) is 2.71. The lowest BCUT2D eigenvalue weighted by Crippen LogP contribution is -2.14. The van der Waals surface area contributed by atoms with Gasteiger partial charge in [-0.25, -0.2) is 4.79 Å². The van der Waals surface area contributed by atoms with Crippen molar-refractivity contribution in [1.82, 2.24) is 0 Å². The van der Waals surface area contributed by atoms with Crippen molar-refractivity contribution in [2.24, 2.45) is 0 Å². The fourth-order valence-electron chi connectivity index (χ4n) is 1.13. The molecule has 4 nitrogen and oxygen atoms in total. The normalized spacial score (nSPS) is 9.94. The molecule has 0 aliphatic heterocycles. The van der Waals surface area contributed by atoms with Crippen LogP contribution in [0.4, 0.5) is 5.00 Å². The van der Waals surface area contributed by atoms with Crippen LogP contribution >= 0.6 is 22.9 Å². The summed E-state index contributed by atoms with van der Waals surface area (Å²) in [5.74, 6) is -0.933. The number of carbonyl (C=O) groups excluding carboxylic acids is 2. The molecule has 0 saturated carbocycles. The van der Waals surface area contributed by atoms with Gasteiger partial charge in [-0.3, -0.25) is 4.79 Å². The van der Waals surface area contributed by atoms with Gasteiger partial charge in [0.2, 0.25) is 5.91 Å². The summed E-state index contributed by atoms with van der Waals surface area (Å²) in [5, 5.41) is 3.07. The zero-order chi connectivity index (χ0) is 12.1. The van der Waals surface area contributed by atoms with Gasteiger partial charge >= 0.3 is 5.97 Å². The van der Waals surface area contributed by atoms with E-state index in [4.69, 9.17) is 11.6 Å². The highest BCUT2D eigenvalue weighted by Gasteiger charge is 2.17. The molecule has 0 unspecified atom stereocenters. The number of aryl methyl sites for hydroxylation is 1. The Balaban J connectivity index is 3.00. The first-order chi connectivity index (χ1) is 7.62. The van der Waals surface area contributed by atoms with Gasteiger partial charge in [-0.05, 0) is 12.5 Å². The molecule has 0 aromatic carbocycles. The average molecular weight is 262 g/mol. The number of amides is 1. The molecule has 16 heavy (non-hydrogen) atoms. The zero-order valence-electron chi connectivity index (χ0n) is 9.00. The molecule has 1 N–H and O–H groups in total. The lowest BCUT2D eigenvalue weighted by atomic mass is 10.2. The first kappa shape index (κ1) is 13.0. The molecular formula is C10H12ClNO3S. The van der Waals surface area contributed by atoms with E-state index in [9.17, 15) is 9.59 Å². The maximum absolute atomic E-state index is 11.4. The van der Waals surface area contributed by atoms with E-state index in [0.29, 0.717) is 10.6 Å². The Hall–Kier alpha value is -1.07. The second-order valence-corrected chi connectivity index (χ2v) is 4.39. The largest absolute Gasteiger partial charge is 0.465 e. The number of thiophene rings is 1. The zero-order valence-corrected chi connectivity index (χ0v) is 10.6. The first-order valence-corrected chi connectivity index (χ1v) is 6.04. The van der Waals surface area contributed by atoms with Crippen LogP contribution in [0.2, 0.25) is 0 Å². The van der Waals surface area contributed by atoms with Crippen molar-refractivity contribution in [1.29, 1.82) is 0 Å². The van der Waals surface area contributed by atoms with Crippen LogP contribution in [0, 0.1) is 0 Å². The Morgan fingerprint density at radius 1 is 1.56 bits per heavy atom. The molecule has 1 rings (SSSR count). The molecule has 0 saturated heterocycles. The van der Waals surface area contributed by atoms with Gasteiger partial charge in [-0.2, -0.15) is 0 Å². The van der Waals surface area contributed by atoms with Crippen LogP contribution in [0.15, 0.2) is 6.07 Å². The van der Waals surface area contributed by atoms with Crippen molar-refractivity contribution < 1.29 is 14.3 Å². The van der Waals surface area contributed by atoms with E-state index in [-0.39, 0.29) is 11.8 Å².